The molecule has 2 rings (SSSR count). The predicted molar refractivity (Wildman–Crippen MR) is 59.1 cm³/mol. The van der Waals surface area contributed by atoms with Gasteiger partial charge in [0.1, 0.15) is 6.10 Å². The summed E-state index contributed by atoms with van der Waals surface area (Å²) < 4.78 is 5.77. The minimum atomic E-state index is 0.356. The van der Waals surface area contributed by atoms with Crippen molar-refractivity contribution in [1.29, 1.82) is 0 Å². The van der Waals surface area contributed by atoms with E-state index in [-0.39, 0.29) is 0 Å². The first-order valence-corrected chi connectivity index (χ1v) is 5.62. The van der Waals surface area contributed by atoms with Crippen LogP contribution in [-0.4, -0.2) is 22.6 Å². The molecule has 4 heteroatoms. The molecule has 1 aliphatic rings. The van der Waals surface area contributed by atoms with Crippen LogP contribution in [-0.2, 0) is 0 Å². The van der Waals surface area contributed by atoms with E-state index >= 15 is 0 Å². The fourth-order valence-electron chi connectivity index (χ4n) is 1.83. The molecule has 15 heavy (non-hydrogen) atoms. The van der Waals surface area contributed by atoms with Gasteiger partial charge in [-0.3, -0.25) is 0 Å². The van der Waals surface area contributed by atoms with Crippen LogP contribution < -0.4 is 10.1 Å². The van der Waals surface area contributed by atoms with Gasteiger partial charge in [-0.25, -0.2) is 4.98 Å². The summed E-state index contributed by atoms with van der Waals surface area (Å²) in [6.07, 6.45) is 6.94. The molecule has 0 spiro atoms. The largest absolute Gasteiger partial charge is 0.474 e. The van der Waals surface area contributed by atoms with Crippen molar-refractivity contribution in [1.82, 2.24) is 9.97 Å². The number of hydrogen-bond acceptors (Lipinski definition) is 4. The van der Waals surface area contributed by atoms with E-state index < -0.39 is 0 Å². The molecule has 1 saturated carbocycles. The fourth-order valence-corrected chi connectivity index (χ4v) is 1.83. The predicted octanol–water partition coefficient (Wildman–Crippen LogP) is 2.23. The van der Waals surface area contributed by atoms with Gasteiger partial charge in [0.25, 0.3) is 0 Å². The molecule has 1 fully saturated rings. The van der Waals surface area contributed by atoms with Crippen molar-refractivity contribution in [2.75, 3.05) is 11.9 Å². The first-order chi connectivity index (χ1) is 7.38. The number of nitrogens with one attached hydrogen (secondary N) is 1. The molecule has 1 N–H and O–H groups in total. The SMILES string of the molecule is CCNc1nccc(OC2CCCC2)n1. The number of nitrogens with zero attached hydrogens (tertiary/aromatic N) is 2. The fraction of sp³-hybridized carbons (Fsp3) is 0.636. The van der Waals surface area contributed by atoms with Crippen molar-refractivity contribution >= 4 is 5.95 Å². The second-order valence-electron chi connectivity index (χ2n) is 3.77. The van der Waals surface area contributed by atoms with Gasteiger partial charge in [-0.2, -0.15) is 4.98 Å². The molecule has 0 bridgehead atoms. The molecular weight excluding hydrogens is 190 g/mol. The summed E-state index contributed by atoms with van der Waals surface area (Å²) in [6, 6.07) is 1.82. The Balaban J connectivity index is 1.97. The molecule has 0 saturated heterocycles. The molecule has 1 aromatic heterocycles. The summed E-state index contributed by atoms with van der Waals surface area (Å²) in [5, 5.41) is 3.07. The van der Waals surface area contributed by atoms with Crippen LogP contribution in [0.3, 0.4) is 0 Å². The Bertz CT molecular complexity index is 310. The van der Waals surface area contributed by atoms with Crippen LogP contribution in [0, 0.1) is 0 Å². The molecule has 0 atom stereocenters. The van der Waals surface area contributed by atoms with Crippen molar-refractivity contribution in [3.05, 3.63) is 12.3 Å². The Hall–Kier alpha value is -1.32. The Labute approximate surface area is 90.1 Å². The van der Waals surface area contributed by atoms with Gasteiger partial charge < -0.3 is 10.1 Å². The van der Waals surface area contributed by atoms with E-state index in [0.29, 0.717) is 17.9 Å². The number of hydrogen-bond donors (Lipinski definition) is 1. The smallest absolute Gasteiger partial charge is 0.225 e. The topological polar surface area (TPSA) is 47.0 Å². The number of aromatic nitrogens is 2. The van der Waals surface area contributed by atoms with E-state index in [2.05, 4.69) is 15.3 Å². The first-order valence-electron chi connectivity index (χ1n) is 5.62. The summed E-state index contributed by atoms with van der Waals surface area (Å²) >= 11 is 0. The molecule has 0 aliphatic heterocycles. The highest BCUT2D eigenvalue weighted by molar-refractivity contribution is 5.27. The average Bonchev–Trinajstić information content (AvgIpc) is 2.71. The molecule has 1 aromatic rings. The summed E-state index contributed by atoms with van der Waals surface area (Å²) in [7, 11) is 0. The second-order valence-corrected chi connectivity index (χ2v) is 3.77. The van der Waals surface area contributed by atoms with Gasteiger partial charge in [0.2, 0.25) is 11.8 Å². The van der Waals surface area contributed by atoms with Gasteiger partial charge in [0.15, 0.2) is 0 Å². The van der Waals surface area contributed by atoms with E-state index in [0.717, 1.165) is 19.4 Å². The van der Waals surface area contributed by atoms with Gasteiger partial charge >= 0.3 is 0 Å². The van der Waals surface area contributed by atoms with Crippen LogP contribution >= 0.6 is 0 Å². The highest BCUT2D eigenvalue weighted by Gasteiger charge is 2.16. The molecule has 1 aliphatic carbocycles. The Morgan fingerprint density at radius 3 is 3.00 bits per heavy atom. The maximum Gasteiger partial charge on any atom is 0.225 e. The summed E-state index contributed by atoms with van der Waals surface area (Å²) in [6.45, 7) is 2.85. The third-order valence-electron chi connectivity index (χ3n) is 2.55. The standard InChI is InChI=1S/C11H17N3O/c1-2-12-11-13-8-7-10(14-11)15-9-5-3-4-6-9/h7-9H,2-6H2,1H3,(H,12,13,14). The number of ether oxygens (including phenoxy) is 1. The Morgan fingerprint density at radius 1 is 1.47 bits per heavy atom. The zero-order chi connectivity index (χ0) is 10.5. The minimum absolute atomic E-state index is 0.356. The van der Waals surface area contributed by atoms with E-state index in [9.17, 15) is 0 Å². The summed E-state index contributed by atoms with van der Waals surface area (Å²) in [5.74, 6) is 1.33. The number of rotatable bonds is 4. The van der Waals surface area contributed by atoms with E-state index in [1.165, 1.54) is 12.8 Å². The van der Waals surface area contributed by atoms with Crippen LogP contribution in [0.1, 0.15) is 32.6 Å². The van der Waals surface area contributed by atoms with Gasteiger partial charge in [0.05, 0.1) is 0 Å². The monoisotopic (exact) mass is 207 g/mol. The lowest BCUT2D eigenvalue weighted by Gasteiger charge is -2.12. The minimum Gasteiger partial charge on any atom is -0.474 e. The maximum absolute atomic E-state index is 5.77. The maximum atomic E-state index is 5.77. The molecule has 1 heterocycles. The van der Waals surface area contributed by atoms with E-state index in [1.54, 1.807) is 6.20 Å². The zero-order valence-corrected chi connectivity index (χ0v) is 9.07. The van der Waals surface area contributed by atoms with Crippen LogP contribution in [0.15, 0.2) is 12.3 Å². The molecule has 0 radical (unpaired) electrons. The Morgan fingerprint density at radius 2 is 2.27 bits per heavy atom. The summed E-state index contributed by atoms with van der Waals surface area (Å²) in [4.78, 5) is 8.38. The second kappa shape index (κ2) is 4.96. The zero-order valence-electron chi connectivity index (χ0n) is 9.07. The van der Waals surface area contributed by atoms with Crippen molar-refractivity contribution in [2.24, 2.45) is 0 Å². The molecule has 4 nitrogen and oxygen atoms in total. The van der Waals surface area contributed by atoms with Gasteiger partial charge in [-0.15, -0.1) is 0 Å². The van der Waals surface area contributed by atoms with Crippen molar-refractivity contribution < 1.29 is 4.74 Å². The first kappa shape index (κ1) is 10.2. The van der Waals surface area contributed by atoms with E-state index in [4.69, 9.17) is 4.74 Å². The average molecular weight is 207 g/mol. The Kier molecular flexibility index (Phi) is 3.37. The van der Waals surface area contributed by atoms with Crippen LogP contribution in [0.5, 0.6) is 5.88 Å². The lowest BCUT2D eigenvalue weighted by Crippen LogP contribution is -2.12. The lowest BCUT2D eigenvalue weighted by atomic mass is 10.3. The van der Waals surface area contributed by atoms with Crippen LogP contribution in [0.2, 0.25) is 0 Å². The van der Waals surface area contributed by atoms with Gasteiger partial charge in [0, 0.05) is 18.8 Å². The van der Waals surface area contributed by atoms with Crippen molar-refractivity contribution in [3.8, 4) is 5.88 Å². The molecule has 0 amide bonds. The molecule has 0 aromatic carbocycles. The molecule has 0 unspecified atom stereocenters. The summed E-state index contributed by atoms with van der Waals surface area (Å²) in [5.41, 5.74) is 0. The highest BCUT2D eigenvalue weighted by atomic mass is 16.5. The lowest BCUT2D eigenvalue weighted by molar-refractivity contribution is 0.201. The normalized spacial score (nSPS) is 16.6. The quantitative estimate of drug-likeness (QED) is 0.822. The van der Waals surface area contributed by atoms with Crippen LogP contribution in [0.4, 0.5) is 5.95 Å². The van der Waals surface area contributed by atoms with Gasteiger partial charge in [-0.1, -0.05) is 0 Å². The third kappa shape index (κ3) is 2.81. The van der Waals surface area contributed by atoms with Crippen molar-refractivity contribution in [2.45, 2.75) is 38.7 Å². The number of anilines is 1. The van der Waals surface area contributed by atoms with Crippen molar-refractivity contribution in [3.63, 3.8) is 0 Å². The molecule has 82 valence electrons. The third-order valence-corrected chi connectivity index (χ3v) is 2.55. The van der Waals surface area contributed by atoms with E-state index in [1.807, 2.05) is 13.0 Å². The van der Waals surface area contributed by atoms with Gasteiger partial charge in [-0.05, 0) is 32.6 Å². The highest BCUT2D eigenvalue weighted by Crippen LogP contribution is 2.22. The molecular formula is C11H17N3O. The van der Waals surface area contributed by atoms with Crippen LogP contribution in [0.25, 0.3) is 0 Å².